The molecule has 13 heavy (non-hydrogen) atoms. The van der Waals surface area contributed by atoms with Crippen LogP contribution in [0.25, 0.3) is 0 Å². The maximum Gasteiger partial charge on any atom is 0.311 e. The molecule has 0 aliphatic carbocycles. The van der Waals surface area contributed by atoms with E-state index < -0.39 is 10.7 Å². The minimum Gasteiger partial charge on any atom is -0.502 e. The molecule has 0 fully saturated rings. The van der Waals surface area contributed by atoms with Crippen LogP contribution in [-0.2, 0) is 0 Å². The number of rotatable bonds is 2. The zero-order chi connectivity index (χ0) is 9.84. The van der Waals surface area contributed by atoms with Crippen LogP contribution in [0.1, 0.15) is 5.56 Å². The van der Waals surface area contributed by atoms with Gasteiger partial charge in [0.05, 0.1) is 11.1 Å². The van der Waals surface area contributed by atoms with Crippen molar-refractivity contribution in [1.82, 2.24) is 0 Å². The van der Waals surface area contributed by atoms with Crippen molar-refractivity contribution in [1.29, 1.82) is 0 Å². The van der Waals surface area contributed by atoms with Crippen molar-refractivity contribution in [3.8, 4) is 5.75 Å². The molecule has 0 bridgehead atoms. The quantitative estimate of drug-likeness (QED) is 0.301. The highest BCUT2D eigenvalue weighted by molar-refractivity contribution is 5.85. The maximum atomic E-state index is 10.3. The number of nitro benzene ring substituents is 1. The van der Waals surface area contributed by atoms with Gasteiger partial charge in [-0.1, -0.05) is 6.07 Å². The van der Waals surface area contributed by atoms with Crippen LogP contribution in [0.3, 0.4) is 0 Å². The van der Waals surface area contributed by atoms with E-state index in [4.69, 9.17) is 5.84 Å². The molecule has 0 saturated heterocycles. The average molecular weight is 181 g/mol. The van der Waals surface area contributed by atoms with E-state index in [0.29, 0.717) is 0 Å². The van der Waals surface area contributed by atoms with Crippen molar-refractivity contribution in [2.45, 2.75) is 0 Å². The monoisotopic (exact) mass is 181 g/mol. The molecule has 1 rings (SSSR count). The lowest BCUT2D eigenvalue weighted by atomic mass is 10.2. The minimum atomic E-state index is -0.677. The standard InChI is InChI=1S/C7H7N3O3/c8-9-4-5-2-1-3-6(7(5)11)10(12)13/h1-4,11H,8H2/b9-4-. The van der Waals surface area contributed by atoms with Gasteiger partial charge in [-0.2, -0.15) is 5.10 Å². The molecule has 0 radical (unpaired) electrons. The third kappa shape index (κ3) is 1.73. The number of nitro groups is 1. The molecule has 0 atom stereocenters. The minimum absolute atomic E-state index is 0.219. The number of hydrogen-bond acceptors (Lipinski definition) is 5. The van der Waals surface area contributed by atoms with Gasteiger partial charge < -0.3 is 10.9 Å². The first kappa shape index (κ1) is 8.98. The van der Waals surface area contributed by atoms with Gasteiger partial charge in [0.1, 0.15) is 0 Å². The van der Waals surface area contributed by atoms with Gasteiger partial charge in [0.15, 0.2) is 0 Å². The summed E-state index contributed by atoms with van der Waals surface area (Å²) in [5, 5.41) is 22.8. The summed E-state index contributed by atoms with van der Waals surface area (Å²) in [5.41, 5.74) is -0.144. The summed E-state index contributed by atoms with van der Waals surface area (Å²) in [5.74, 6) is 4.42. The molecule has 0 aliphatic heterocycles. The second-order valence-corrected chi connectivity index (χ2v) is 2.25. The van der Waals surface area contributed by atoms with Crippen molar-refractivity contribution >= 4 is 11.9 Å². The lowest BCUT2D eigenvalue weighted by Crippen LogP contribution is -1.92. The Bertz CT molecular complexity index is 362. The van der Waals surface area contributed by atoms with Crippen LogP contribution < -0.4 is 5.84 Å². The van der Waals surface area contributed by atoms with Crippen LogP contribution in [0, 0.1) is 10.1 Å². The highest BCUT2D eigenvalue weighted by Gasteiger charge is 2.14. The summed E-state index contributed by atoms with van der Waals surface area (Å²) in [6.45, 7) is 0. The van der Waals surface area contributed by atoms with Crippen LogP contribution in [0.2, 0.25) is 0 Å². The Morgan fingerprint density at radius 1 is 1.62 bits per heavy atom. The molecular formula is C7H7N3O3. The van der Waals surface area contributed by atoms with Crippen molar-refractivity contribution < 1.29 is 10.0 Å². The van der Waals surface area contributed by atoms with Gasteiger partial charge in [-0.05, 0) is 6.07 Å². The Labute approximate surface area is 73.4 Å². The van der Waals surface area contributed by atoms with Crippen molar-refractivity contribution in [2.24, 2.45) is 10.9 Å². The van der Waals surface area contributed by atoms with Gasteiger partial charge in [-0.3, -0.25) is 10.1 Å². The van der Waals surface area contributed by atoms with Crippen LogP contribution in [-0.4, -0.2) is 16.2 Å². The van der Waals surface area contributed by atoms with Crippen molar-refractivity contribution in [3.05, 3.63) is 33.9 Å². The highest BCUT2D eigenvalue weighted by atomic mass is 16.6. The van der Waals surface area contributed by atoms with Gasteiger partial charge >= 0.3 is 5.69 Å². The van der Waals surface area contributed by atoms with Gasteiger partial charge in [-0.25, -0.2) is 0 Å². The first-order chi connectivity index (χ1) is 6.16. The molecule has 0 heterocycles. The van der Waals surface area contributed by atoms with Gasteiger partial charge in [0.25, 0.3) is 0 Å². The van der Waals surface area contributed by atoms with Gasteiger partial charge in [0, 0.05) is 11.6 Å². The molecule has 6 heteroatoms. The summed E-state index contributed by atoms with van der Waals surface area (Å²) < 4.78 is 0. The summed E-state index contributed by atoms with van der Waals surface area (Å²) >= 11 is 0. The third-order valence-corrected chi connectivity index (χ3v) is 1.46. The first-order valence-corrected chi connectivity index (χ1v) is 3.36. The van der Waals surface area contributed by atoms with Crippen molar-refractivity contribution in [2.75, 3.05) is 0 Å². The summed E-state index contributed by atoms with van der Waals surface area (Å²) in [6.07, 6.45) is 1.14. The topological polar surface area (TPSA) is 102 Å². The van der Waals surface area contributed by atoms with Crippen LogP contribution in [0.4, 0.5) is 5.69 Å². The molecule has 3 N–H and O–H groups in total. The number of hydrazone groups is 1. The van der Waals surface area contributed by atoms with E-state index in [1.54, 1.807) is 0 Å². The number of phenols is 1. The maximum absolute atomic E-state index is 10.3. The molecule has 0 unspecified atom stereocenters. The number of para-hydroxylation sites is 1. The second kappa shape index (κ2) is 3.53. The summed E-state index contributed by atoms with van der Waals surface area (Å²) in [7, 11) is 0. The molecule has 1 aromatic rings. The molecule has 0 spiro atoms. The normalized spacial score (nSPS) is 10.5. The largest absolute Gasteiger partial charge is 0.502 e. The van der Waals surface area contributed by atoms with E-state index in [-0.39, 0.29) is 11.3 Å². The fourth-order valence-corrected chi connectivity index (χ4v) is 0.880. The van der Waals surface area contributed by atoms with E-state index in [0.717, 1.165) is 6.21 Å². The van der Waals surface area contributed by atoms with E-state index >= 15 is 0 Å². The number of hydrogen-bond donors (Lipinski definition) is 2. The number of nitrogens with zero attached hydrogens (tertiary/aromatic N) is 2. The Balaban J connectivity index is 3.26. The highest BCUT2D eigenvalue weighted by Crippen LogP contribution is 2.27. The Hall–Kier alpha value is -2.11. The van der Waals surface area contributed by atoms with Gasteiger partial charge in [-0.15, -0.1) is 0 Å². The van der Waals surface area contributed by atoms with E-state index in [1.807, 2.05) is 0 Å². The number of benzene rings is 1. The summed E-state index contributed by atoms with van der Waals surface area (Å²) in [4.78, 5) is 9.67. The molecule has 0 saturated carbocycles. The number of aromatic hydroxyl groups is 1. The Morgan fingerprint density at radius 2 is 2.31 bits per heavy atom. The molecule has 68 valence electrons. The third-order valence-electron chi connectivity index (χ3n) is 1.46. The lowest BCUT2D eigenvalue weighted by molar-refractivity contribution is -0.385. The molecule has 6 nitrogen and oxygen atoms in total. The molecular weight excluding hydrogens is 174 g/mol. The SMILES string of the molecule is N/N=C\c1cccc([N+](=O)[O-])c1O. The van der Waals surface area contributed by atoms with Gasteiger partial charge in [0.2, 0.25) is 5.75 Å². The van der Waals surface area contributed by atoms with Crippen LogP contribution in [0.5, 0.6) is 5.75 Å². The average Bonchev–Trinajstić information content (AvgIpc) is 2.08. The van der Waals surface area contributed by atoms with E-state index in [1.165, 1.54) is 18.2 Å². The van der Waals surface area contributed by atoms with E-state index in [9.17, 15) is 15.2 Å². The Morgan fingerprint density at radius 3 is 2.85 bits per heavy atom. The molecule has 0 aromatic heterocycles. The zero-order valence-electron chi connectivity index (χ0n) is 6.54. The predicted molar refractivity (Wildman–Crippen MR) is 46.5 cm³/mol. The molecule has 0 amide bonds. The van der Waals surface area contributed by atoms with Crippen LogP contribution in [0.15, 0.2) is 23.3 Å². The fourth-order valence-electron chi connectivity index (χ4n) is 0.880. The second-order valence-electron chi connectivity index (χ2n) is 2.25. The summed E-state index contributed by atoms with van der Waals surface area (Å²) in [6, 6.07) is 4.11. The zero-order valence-corrected chi connectivity index (χ0v) is 6.54. The Kier molecular flexibility index (Phi) is 2.44. The number of phenolic OH excluding ortho intramolecular Hbond substituents is 1. The lowest BCUT2D eigenvalue weighted by Gasteiger charge is -1.97. The van der Waals surface area contributed by atoms with Crippen molar-refractivity contribution in [3.63, 3.8) is 0 Å². The smallest absolute Gasteiger partial charge is 0.311 e. The molecule has 1 aromatic carbocycles. The molecule has 0 aliphatic rings. The number of nitrogens with two attached hydrogens (primary N) is 1. The first-order valence-electron chi connectivity index (χ1n) is 3.36. The van der Waals surface area contributed by atoms with E-state index in [2.05, 4.69) is 5.10 Å². The van der Waals surface area contributed by atoms with Crippen LogP contribution >= 0.6 is 0 Å². The predicted octanol–water partition coefficient (Wildman–Crippen LogP) is 0.593. The fraction of sp³-hybridized carbons (Fsp3) is 0.